The van der Waals surface area contributed by atoms with Crippen molar-refractivity contribution >= 4 is 38.9 Å². The number of halogens is 2. The van der Waals surface area contributed by atoms with E-state index in [1.165, 1.54) is 12.1 Å². The predicted molar refractivity (Wildman–Crippen MR) is 86.3 cm³/mol. The lowest BCUT2D eigenvalue weighted by molar-refractivity contribution is 0.597. The first-order valence-corrected chi connectivity index (χ1v) is 8.42. The summed E-state index contributed by atoms with van der Waals surface area (Å²) in [5, 5.41) is 9.21. The van der Waals surface area contributed by atoms with E-state index in [2.05, 4.69) is 5.32 Å². The Bertz CT molecular complexity index is 763. The van der Waals surface area contributed by atoms with Crippen LogP contribution in [0.25, 0.3) is 0 Å². The van der Waals surface area contributed by atoms with Crippen molar-refractivity contribution in [1.82, 2.24) is 0 Å². The van der Waals surface area contributed by atoms with Gasteiger partial charge in [0.15, 0.2) is 0 Å². The highest BCUT2D eigenvalue weighted by Crippen LogP contribution is 2.32. The van der Waals surface area contributed by atoms with Crippen molar-refractivity contribution < 1.29 is 8.42 Å². The van der Waals surface area contributed by atoms with E-state index in [4.69, 9.17) is 28.3 Å². The SMILES string of the molecule is CC(Nc1cccc(Cl)c1Cl)c1cccc(S(N)(=O)=O)c1. The molecule has 2 aromatic rings. The molecule has 0 spiro atoms. The van der Waals surface area contributed by atoms with E-state index in [1.54, 1.807) is 24.3 Å². The van der Waals surface area contributed by atoms with Crippen LogP contribution in [-0.4, -0.2) is 8.42 Å². The van der Waals surface area contributed by atoms with Crippen molar-refractivity contribution in [2.24, 2.45) is 5.14 Å². The van der Waals surface area contributed by atoms with Gasteiger partial charge in [0.05, 0.1) is 20.6 Å². The maximum Gasteiger partial charge on any atom is 0.238 e. The third-order valence-corrected chi connectivity index (χ3v) is 4.74. The average molecular weight is 345 g/mol. The van der Waals surface area contributed by atoms with Gasteiger partial charge in [-0.05, 0) is 36.8 Å². The second kappa shape index (κ2) is 6.23. The molecule has 3 N–H and O–H groups in total. The molecule has 0 amide bonds. The molecule has 0 saturated carbocycles. The number of primary sulfonamides is 1. The molecule has 0 aliphatic heterocycles. The highest BCUT2D eigenvalue weighted by molar-refractivity contribution is 7.89. The zero-order valence-electron chi connectivity index (χ0n) is 11.2. The highest BCUT2D eigenvalue weighted by atomic mass is 35.5. The monoisotopic (exact) mass is 344 g/mol. The lowest BCUT2D eigenvalue weighted by Gasteiger charge is -2.17. The lowest BCUT2D eigenvalue weighted by Crippen LogP contribution is -2.13. The number of anilines is 1. The van der Waals surface area contributed by atoms with E-state index in [9.17, 15) is 8.42 Å². The molecule has 0 radical (unpaired) electrons. The summed E-state index contributed by atoms with van der Waals surface area (Å²) in [6.45, 7) is 1.89. The van der Waals surface area contributed by atoms with Crippen LogP contribution >= 0.6 is 23.2 Å². The minimum absolute atomic E-state index is 0.0749. The summed E-state index contributed by atoms with van der Waals surface area (Å²) in [5.74, 6) is 0. The largest absolute Gasteiger partial charge is 0.377 e. The summed E-state index contributed by atoms with van der Waals surface area (Å²) >= 11 is 12.1. The Kier molecular flexibility index (Phi) is 4.78. The van der Waals surface area contributed by atoms with E-state index in [1.807, 2.05) is 13.0 Å². The van der Waals surface area contributed by atoms with Crippen molar-refractivity contribution in [1.29, 1.82) is 0 Å². The summed E-state index contributed by atoms with van der Waals surface area (Å²) in [4.78, 5) is 0.0749. The number of nitrogens with two attached hydrogens (primary N) is 1. The number of benzene rings is 2. The van der Waals surface area contributed by atoms with Gasteiger partial charge in [-0.25, -0.2) is 13.6 Å². The van der Waals surface area contributed by atoms with Gasteiger partial charge in [-0.2, -0.15) is 0 Å². The Morgan fingerprint density at radius 3 is 2.48 bits per heavy atom. The fourth-order valence-corrected chi connectivity index (χ4v) is 2.82. The van der Waals surface area contributed by atoms with Crippen molar-refractivity contribution in [3.8, 4) is 0 Å². The van der Waals surface area contributed by atoms with Gasteiger partial charge < -0.3 is 5.32 Å². The molecule has 1 unspecified atom stereocenters. The molecule has 112 valence electrons. The van der Waals surface area contributed by atoms with E-state index >= 15 is 0 Å². The predicted octanol–water partition coefficient (Wildman–Crippen LogP) is 3.81. The average Bonchev–Trinajstić information content (AvgIpc) is 2.43. The minimum Gasteiger partial charge on any atom is -0.377 e. The Labute approximate surface area is 133 Å². The van der Waals surface area contributed by atoms with Crippen LogP contribution in [-0.2, 0) is 10.0 Å². The van der Waals surface area contributed by atoms with Crippen LogP contribution in [0.1, 0.15) is 18.5 Å². The van der Waals surface area contributed by atoms with Gasteiger partial charge in [-0.3, -0.25) is 0 Å². The highest BCUT2D eigenvalue weighted by Gasteiger charge is 2.13. The Balaban J connectivity index is 2.29. The summed E-state index contributed by atoms with van der Waals surface area (Å²) in [7, 11) is -3.72. The maximum atomic E-state index is 11.4. The first-order valence-electron chi connectivity index (χ1n) is 6.12. The zero-order chi connectivity index (χ0) is 15.6. The molecular formula is C14H14Cl2N2O2S. The maximum absolute atomic E-state index is 11.4. The lowest BCUT2D eigenvalue weighted by atomic mass is 10.1. The van der Waals surface area contributed by atoms with Gasteiger partial charge >= 0.3 is 0 Å². The van der Waals surface area contributed by atoms with Gasteiger partial charge in [0.25, 0.3) is 0 Å². The molecule has 7 heteroatoms. The molecule has 21 heavy (non-hydrogen) atoms. The van der Waals surface area contributed by atoms with Crippen LogP contribution in [0.5, 0.6) is 0 Å². The Hall–Kier alpha value is -1.27. The standard InChI is InChI=1S/C14H14Cl2N2O2S/c1-9(18-13-7-3-6-12(15)14(13)16)10-4-2-5-11(8-10)21(17,19)20/h2-9,18H,1H3,(H2,17,19,20). The normalized spacial score (nSPS) is 13.0. The fourth-order valence-electron chi connectivity index (χ4n) is 1.89. The fraction of sp³-hybridized carbons (Fsp3) is 0.143. The van der Waals surface area contributed by atoms with Crippen LogP contribution in [0.4, 0.5) is 5.69 Å². The van der Waals surface area contributed by atoms with Gasteiger partial charge in [0.2, 0.25) is 10.0 Å². The number of nitrogens with one attached hydrogen (secondary N) is 1. The molecule has 0 aliphatic rings. The molecule has 2 rings (SSSR count). The molecule has 2 aromatic carbocycles. The second-order valence-corrected chi connectivity index (χ2v) is 6.93. The van der Waals surface area contributed by atoms with Crippen molar-refractivity contribution in [3.05, 3.63) is 58.1 Å². The quantitative estimate of drug-likeness (QED) is 0.885. The van der Waals surface area contributed by atoms with Gasteiger partial charge in [0, 0.05) is 6.04 Å². The van der Waals surface area contributed by atoms with Gasteiger partial charge in [-0.15, -0.1) is 0 Å². The second-order valence-electron chi connectivity index (χ2n) is 4.58. The zero-order valence-corrected chi connectivity index (χ0v) is 13.5. The first kappa shape index (κ1) is 16.1. The summed E-state index contributed by atoms with van der Waals surface area (Å²) in [6.07, 6.45) is 0. The van der Waals surface area contributed by atoms with Crippen molar-refractivity contribution in [3.63, 3.8) is 0 Å². The summed E-state index contributed by atoms with van der Waals surface area (Å²) in [5.41, 5.74) is 1.45. The molecule has 0 fully saturated rings. The van der Waals surface area contributed by atoms with E-state index in [0.29, 0.717) is 15.7 Å². The van der Waals surface area contributed by atoms with Gasteiger partial charge in [-0.1, -0.05) is 41.4 Å². The van der Waals surface area contributed by atoms with E-state index in [0.717, 1.165) is 5.56 Å². The molecule has 0 aliphatic carbocycles. The molecule has 0 bridgehead atoms. The van der Waals surface area contributed by atoms with Crippen LogP contribution in [0, 0.1) is 0 Å². The smallest absolute Gasteiger partial charge is 0.238 e. The Morgan fingerprint density at radius 2 is 1.81 bits per heavy atom. The number of sulfonamides is 1. The Morgan fingerprint density at radius 1 is 1.14 bits per heavy atom. The van der Waals surface area contributed by atoms with Crippen molar-refractivity contribution in [2.75, 3.05) is 5.32 Å². The van der Waals surface area contributed by atoms with Crippen molar-refractivity contribution in [2.45, 2.75) is 17.9 Å². The summed E-state index contributed by atoms with van der Waals surface area (Å²) < 4.78 is 22.8. The topological polar surface area (TPSA) is 72.2 Å². The number of hydrogen-bond donors (Lipinski definition) is 2. The molecule has 0 aromatic heterocycles. The molecular weight excluding hydrogens is 331 g/mol. The van der Waals surface area contributed by atoms with E-state index < -0.39 is 10.0 Å². The number of rotatable bonds is 4. The third-order valence-electron chi connectivity index (χ3n) is 3.01. The minimum atomic E-state index is -3.72. The van der Waals surface area contributed by atoms with Crippen LogP contribution < -0.4 is 10.5 Å². The van der Waals surface area contributed by atoms with E-state index in [-0.39, 0.29) is 10.9 Å². The van der Waals surface area contributed by atoms with Crippen LogP contribution in [0.15, 0.2) is 47.4 Å². The molecule has 4 nitrogen and oxygen atoms in total. The first-order chi connectivity index (χ1) is 9.79. The van der Waals surface area contributed by atoms with Crippen LogP contribution in [0.2, 0.25) is 10.0 Å². The van der Waals surface area contributed by atoms with Crippen LogP contribution in [0.3, 0.4) is 0 Å². The molecule has 0 saturated heterocycles. The van der Waals surface area contributed by atoms with Gasteiger partial charge in [0.1, 0.15) is 0 Å². The molecule has 0 heterocycles. The third kappa shape index (κ3) is 3.89. The number of hydrogen-bond acceptors (Lipinski definition) is 3. The molecule has 1 atom stereocenters. The summed E-state index contributed by atoms with van der Waals surface area (Å²) in [6, 6.07) is 11.6.